The Labute approximate surface area is 102 Å². The zero-order chi connectivity index (χ0) is 12.5. The highest BCUT2D eigenvalue weighted by Crippen LogP contribution is 2.34. The van der Waals surface area contributed by atoms with Crippen LogP contribution in [0.15, 0.2) is 17.9 Å². The van der Waals surface area contributed by atoms with E-state index in [1.54, 1.807) is 6.92 Å². The van der Waals surface area contributed by atoms with E-state index in [1.807, 2.05) is 0 Å². The first-order valence-electron chi connectivity index (χ1n) is 4.35. The van der Waals surface area contributed by atoms with Crippen molar-refractivity contribution >= 4 is 34.5 Å². The van der Waals surface area contributed by atoms with Crippen molar-refractivity contribution in [2.24, 2.45) is 0 Å². The van der Waals surface area contributed by atoms with Crippen LogP contribution in [-0.2, 0) is 0 Å². The van der Waals surface area contributed by atoms with Crippen molar-refractivity contribution in [2.45, 2.75) is 13.8 Å². The second kappa shape index (κ2) is 4.72. The highest BCUT2D eigenvalue weighted by atomic mass is 35.5. The number of nitro benzene ring substituents is 1. The van der Waals surface area contributed by atoms with Gasteiger partial charge in [-0.1, -0.05) is 23.2 Å². The molecule has 1 aromatic rings. The van der Waals surface area contributed by atoms with Gasteiger partial charge in [-0.2, -0.15) is 0 Å². The number of nitrogens with zero attached hydrogens (tertiary/aromatic N) is 1. The molecule has 0 amide bonds. The Kier molecular flexibility index (Phi) is 3.78. The lowest BCUT2D eigenvalue weighted by Gasteiger charge is -2.06. The van der Waals surface area contributed by atoms with E-state index < -0.39 is 4.92 Å². The number of nitro groups is 1. The van der Waals surface area contributed by atoms with E-state index >= 15 is 0 Å². The molecule has 0 aromatic heterocycles. The molecule has 0 fully saturated rings. The van der Waals surface area contributed by atoms with Crippen molar-refractivity contribution in [3.8, 4) is 0 Å². The van der Waals surface area contributed by atoms with Crippen molar-refractivity contribution in [3.63, 3.8) is 0 Å². The topological polar surface area (TPSA) is 63.4 Å². The van der Waals surface area contributed by atoms with Crippen molar-refractivity contribution < 1.29 is 10.0 Å². The molecule has 0 aliphatic heterocycles. The molecule has 1 aromatic carbocycles. The number of aliphatic hydroxyl groups is 1. The van der Waals surface area contributed by atoms with Gasteiger partial charge in [-0.05, 0) is 19.9 Å². The Morgan fingerprint density at radius 2 is 1.81 bits per heavy atom. The number of aliphatic hydroxyl groups excluding tert-OH is 1. The van der Waals surface area contributed by atoms with Gasteiger partial charge in [0.25, 0.3) is 5.69 Å². The molecular formula is C10H9Cl2NO3. The van der Waals surface area contributed by atoms with Gasteiger partial charge in [0.2, 0.25) is 0 Å². The predicted molar refractivity (Wildman–Crippen MR) is 64.0 cm³/mol. The molecule has 0 bridgehead atoms. The summed E-state index contributed by atoms with van der Waals surface area (Å²) in [4.78, 5) is 10.2. The summed E-state index contributed by atoms with van der Waals surface area (Å²) in [5.74, 6) is 0.00138. The van der Waals surface area contributed by atoms with Gasteiger partial charge in [0.05, 0.1) is 26.3 Å². The Morgan fingerprint density at radius 1 is 1.31 bits per heavy atom. The van der Waals surface area contributed by atoms with Crippen LogP contribution in [0.4, 0.5) is 5.69 Å². The molecule has 4 nitrogen and oxygen atoms in total. The highest BCUT2D eigenvalue weighted by Gasteiger charge is 2.19. The number of benzene rings is 1. The molecule has 0 heterocycles. The number of hydrogen-bond acceptors (Lipinski definition) is 3. The third kappa shape index (κ3) is 2.46. The van der Waals surface area contributed by atoms with E-state index in [9.17, 15) is 15.2 Å². The smallest absolute Gasteiger partial charge is 0.278 e. The van der Waals surface area contributed by atoms with Gasteiger partial charge in [0.15, 0.2) is 0 Å². The number of rotatable bonds is 2. The van der Waals surface area contributed by atoms with E-state index in [0.717, 1.165) is 0 Å². The lowest BCUT2D eigenvalue weighted by molar-refractivity contribution is -0.385. The van der Waals surface area contributed by atoms with Gasteiger partial charge in [-0.3, -0.25) is 10.1 Å². The summed E-state index contributed by atoms with van der Waals surface area (Å²) in [5, 5.41) is 20.5. The third-order valence-corrected chi connectivity index (χ3v) is 2.90. The minimum absolute atomic E-state index is 0.00138. The van der Waals surface area contributed by atoms with Gasteiger partial charge in [0, 0.05) is 11.6 Å². The molecular weight excluding hydrogens is 253 g/mol. The van der Waals surface area contributed by atoms with Crippen LogP contribution < -0.4 is 0 Å². The number of hydrogen-bond donors (Lipinski definition) is 1. The summed E-state index contributed by atoms with van der Waals surface area (Å²) in [6, 6.07) is 2.54. The first-order valence-corrected chi connectivity index (χ1v) is 5.10. The maximum atomic E-state index is 10.8. The normalized spacial score (nSPS) is 12.2. The largest absolute Gasteiger partial charge is 0.512 e. The maximum Gasteiger partial charge on any atom is 0.278 e. The van der Waals surface area contributed by atoms with Crippen LogP contribution in [-0.4, -0.2) is 10.0 Å². The van der Waals surface area contributed by atoms with E-state index in [0.29, 0.717) is 5.57 Å². The lowest BCUT2D eigenvalue weighted by Crippen LogP contribution is -1.95. The van der Waals surface area contributed by atoms with Crippen LogP contribution in [0.3, 0.4) is 0 Å². The quantitative estimate of drug-likeness (QED) is 0.493. The molecule has 1 rings (SSSR count). The maximum absolute atomic E-state index is 10.8. The first kappa shape index (κ1) is 12.8. The summed E-state index contributed by atoms with van der Waals surface area (Å²) in [6.45, 7) is 3.02. The molecule has 0 spiro atoms. The van der Waals surface area contributed by atoms with Crippen LogP contribution in [0.2, 0.25) is 10.0 Å². The molecule has 0 aliphatic rings. The first-order chi connectivity index (χ1) is 7.34. The van der Waals surface area contributed by atoms with E-state index in [1.165, 1.54) is 19.1 Å². The Morgan fingerprint density at radius 3 is 2.25 bits per heavy atom. The molecule has 16 heavy (non-hydrogen) atoms. The van der Waals surface area contributed by atoms with E-state index in [-0.39, 0.29) is 27.1 Å². The summed E-state index contributed by atoms with van der Waals surface area (Å²) >= 11 is 11.5. The van der Waals surface area contributed by atoms with Gasteiger partial charge >= 0.3 is 0 Å². The molecule has 0 radical (unpaired) electrons. The molecule has 0 aliphatic carbocycles. The average molecular weight is 262 g/mol. The molecule has 6 heteroatoms. The van der Waals surface area contributed by atoms with Crippen LogP contribution >= 0.6 is 23.2 Å². The van der Waals surface area contributed by atoms with E-state index in [4.69, 9.17) is 23.2 Å². The predicted octanol–water partition coefficient (Wildman–Crippen LogP) is 4.21. The second-order valence-electron chi connectivity index (χ2n) is 3.25. The zero-order valence-corrected chi connectivity index (χ0v) is 10.1. The minimum atomic E-state index is -0.565. The molecule has 1 N–H and O–H groups in total. The summed E-state index contributed by atoms with van der Waals surface area (Å²) in [7, 11) is 0. The van der Waals surface area contributed by atoms with Gasteiger partial charge < -0.3 is 5.11 Å². The van der Waals surface area contributed by atoms with Crippen molar-refractivity contribution in [3.05, 3.63) is 43.6 Å². The monoisotopic (exact) mass is 261 g/mol. The molecule has 0 atom stereocenters. The average Bonchev–Trinajstić information content (AvgIpc) is 2.19. The third-order valence-electron chi connectivity index (χ3n) is 2.18. The fourth-order valence-corrected chi connectivity index (χ4v) is 1.50. The van der Waals surface area contributed by atoms with Gasteiger partial charge in [0.1, 0.15) is 0 Å². The Balaban J connectivity index is 3.55. The summed E-state index contributed by atoms with van der Waals surface area (Å²) < 4.78 is 0. The van der Waals surface area contributed by atoms with Gasteiger partial charge in [-0.25, -0.2) is 0 Å². The zero-order valence-electron chi connectivity index (χ0n) is 8.62. The fourth-order valence-electron chi connectivity index (χ4n) is 1.18. The number of halogens is 2. The fraction of sp³-hybridized carbons (Fsp3) is 0.200. The highest BCUT2D eigenvalue weighted by molar-refractivity contribution is 6.42. The Bertz CT molecular complexity index is 479. The van der Waals surface area contributed by atoms with Crippen molar-refractivity contribution in [1.29, 1.82) is 0 Å². The SMILES string of the molecule is C/C(O)=C(/C)c1cc(Cl)c(Cl)cc1[N+](=O)[O-]. The molecule has 86 valence electrons. The van der Waals surface area contributed by atoms with Crippen molar-refractivity contribution in [2.75, 3.05) is 0 Å². The standard InChI is InChI=1S/C10H9Cl2NO3/c1-5(6(2)14)7-3-8(11)9(12)4-10(7)13(15)16/h3-4,14H,1-2H3/b6-5+. The summed E-state index contributed by atoms with van der Waals surface area (Å²) in [5.41, 5.74) is 0.477. The van der Waals surface area contributed by atoms with Crippen LogP contribution in [0.5, 0.6) is 0 Å². The Hall–Kier alpha value is -1.26. The van der Waals surface area contributed by atoms with Crippen LogP contribution in [0, 0.1) is 10.1 Å². The van der Waals surface area contributed by atoms with Crippen molar-refractivity contribution in [1.82, 2.24) is 0 Å². The molecule has 0 saturated carbocycles. The lowest BCUT2D eigenvalue weighted by atomic mass is 10.0. The minimum Gasteiger partial charge on any atom is -0.512 e. The van der Waals surface area contributed by atoms with Crippen LogP contribution in [0.1, 0.15) is 19.4 Å². The van der Waals surface area contributed by atoms with Gasteiger partial charge in [-0.15, -0.1) is 0 Å². The summed E-state index contributed by atoms with van der Waals surface area (Å²) in [6.07, 6.45) is 0. The van der Waals surface area contributed by atoms with Crippen LogP contribution in [0.25, 0.3) is 5.57 Å². The second-order valence-corrected chi connectivity index (χ2v) is 4.07. The number of allylic oxidation sites excluding steroid dienone is 2. The molecule has 0 unspecified atom stereocenters. The van der Waals surface area contributed by atoms with E-state index in [2.05, 4.69) is 0 Å². The molecule has 0 saturated heterocycles.